The van der Waals surface area contributed by atoms with Crippen LogP contribution in [0.25, 0.3) is 11.3 Å². The summed E-state index contributed by atoms with van der Waals surface area (Å²) in [6, 6.07) is 7.26. The van der Waals surface area contributed by atoms with Crippen LogP contribution in [0, 0.1) is 0 Å². The summed E-state index contributed by atoms with van der Waals surface area (Å²) in [5, 5.41) is 2.97. The molecule has 0 saturated carbocycles. The van der Waals surface area contributed by atoms with Crippen molar-refractivity contribution in [3.05, 3.63) is 36.7 Å². The summed E-state index contributed by atoms with van der Waals surface area (Å²) in [5.74, 6) is -0.155. The maximum atomic E-state index is 12.1. The van der Waals surface area contributed by atoms with Gasteiger partial charge in [0.2, 0.25) is 5.88 Å². The third-order valence-corrected chi connectivity index (χ3v) is 2.47. The van der Waals surface area contributed by atoms with Crippen LogP contribution in [-0.2, 0) is 0 Å². The number of rotatable bonds is 4. The predicted molar refractivity (Wildman–Crippen MR) is 68.6 cm³/mol. The summed E-state index contributed by atoms with van der Waals surface area (Å²) < 4.78 is 40.8. The van der Waals surface area contributed by atoms with Crippen LogP contribution in [0.5, 0.6) is 5.88 Å². The largest absolute Gasteiger partial charge is 0.467 e. The summed E-state index contributed by atoms with van der Waals surface area (Å²) >= 11 is 0. The number of halogens is 3. The van der Waals surface area contributed by atoms with Crippen molar-refractivity contribution >= 4 is 5.69 Å². The number of hydrogen-bond donors (Lipinski definition) is 1. The maximum Gasteiger partial charge on any atom is 0.422 e. The van der Waals surface area contributed by atoms with Crippen molar-refractivity contribution in [3.8, 4) is 17.1 Å². The molecule has 0 fully saturated rings. The summed E-state index contributed by atoms with van der Waals surface area (Å²) in [5.41, 5.74) is 2.12. The first-order valence-corrected chi connectivity index (χ1v) is 5.78. The van der Waals surface area contributed by atoms with E-state index in [4.69, 9.17) is 0 Å². The van der Waals surface area contributed by atoms with Gasteiger partial charge in [-0.05, 0) is 12.1 Å². The van der Waals surface area contributed by atoms with Gasteiger partial charge in [0, 0.05) is 18.3 Å². The zero-order chi connectivity index (χ0) is 14.6. The number of ether oxygens (including phenoxy) is 1. The van der Waals surface area contributed by atoms with Crippen LogP contribution in [0.15, 0.2) is 36.7 Å². The smallest absolute Gasteiger partial charge is 0.422 e. The van der Waals surface area contributed by atoms with Gasteiger partial charge < -0.3 is 10.1 Å². The number of alkyl halides is 3. The summed E-state index contributed by atoms with van der Waals surface area (Å²) in [6.45, 7) is -1.39. The summed E-state index contributed by atoms with van der Waals surface area (Å²) in [6.07, 6.45) is -1.78. The molecule has 0 amide bonds. The lowest BCUT2D eigenvalue weighted by atomic mass is 10.1. The van der Waals surface area contributed by atoms with Gasteiger partial charge in [0.15, 0.2) is 6.61 Å². The molecule has 0 aliphatic rings. The van der Waals surface area contributed by atoms with Gasteiger partial charge >= 0.3 is 6.18 Å². The highest BCUT2D eigenvalue weighted by Crippen LogP contribution is 2.22. The Balaban J connectivity index is 2.16. The maximum absolute atomic E-state index is 12.1. The van der Waals surface area contributed by atoms with Crippen LogP contribution in [0.3, 0.4) is 0 Å². The second-order valence-electron chi connectivity index (χ2n) is 3.97. The first-order chi connectivity index (χ1) is 9.48. The molecule has 2 rings (SSSR count). The fourth-order valence-electron chi connectivity index (χ4n) is 1.52. The Labute approximate surface area is 113 Å². The van der Waals surface area contributed by atoms with Gasteiger partial charge in [0.05, 0.1) is 18.1 Å². The Morgan fingerprint density at radius 3 is 2.45 bits per heavy atom. The van der Waals surface area contributed by atoms with Gasteiger partial charge in [-0.15, -0.1) is 0 Å². The van der Waals surface area contributed by atoms with E-state index in [0.717, 1.165) is 17.4 Å². The minimum atomic E-state index is -4.40. The summed E-state index contributed by atoms with van der Waals surface area (Å²) in [7, 11) is 1.79. The Morgan fingerprint density at radius 1 is 1.15 bits per heavy atom. The van der Waals surface area contributed by atoms with Crippen molar-refractivity contribution < 1.29 is 17.9 Å². The molecule has 0 spiro atoms. The van der Waals surface area contributed by atoms with Crippen molar-refractivity contribution in [2.75, 3.05) is 19.0 Å². The van der Waals surface area contributed by atoms with E-state index >= 15 is 0 Å². The van der Waals surface area contributed by atoms with E-state index in [-0.39, 0.29) is 5.88 Å². The lowest BCUT2D eigenvalue weighted by molar-refractivity contribution is -0.154. The standard InChI is InChI=1S/C13H12F3N3O/c1-17-10-4-2-9(3-5-10)11-6-18-7-12(19-11)20-8-13(14,15)16/h2-7,17H,8H2,1H3. The second kappa shape index (κ2) is 5.77. The number of aromatic nitrogens is 2. The van der Waals surface area contributed by atoms with Crippen LogP contribution >= 0.6 is 0 Å². The number of anilines is 1. The van der Waals surface area contributed by atoms with Crippen LogP contribution in [0.1, 0.15) is 0 Å². The highest BCUT2D eigenvalue weighted by molar-refractivity contribution is 5.62. The van der Waals surface area contributed by atoms with Crippen LogP contribution in [-0.4, -0.2) is 29.8 Å². The van der Waals surface area contributed by atoms with Gasteiger partial charge in [0.25, 0.3) is 0 Å². The molecule has 2 aromatic rings. The number of nitrogens with zero attached hydrogens (tertiary/aromatic N) is 2. The topological polar surface area (TPSA) is 47.0 Å². The molecular weight excluding hydrogens is 271 g/mol. The van der Waals surface area contributed by atoms with Crippen molar-refractivity contribution in [2.45, 2.75) is 6.18 Å². The molecule has 0 aliphatic heterocycles. The Kier molecular flexibility index (Phi) is 4.07. The third-order valence-electron chi connectivity index (χ3n) is 2.47. The number of benzene rings is 1. The van der Waals surface area contributed by atoms with Crippen molar-refractivity contribution in [2.24, 2.45) is 0 Å². The van der Waals surface area contributed by atoms with Crippen LogP contribution in [0.4, 0.5) is 18.9 Å². The van der Waals surface area contributed by atoms with Crippen LogP contribution in [0.2, 0.25) is 0 Å². The normalized spacial score (nSPS) is 11.2. The van der Waals surface area contributed by atoms with Gasteiger partial charge in [-0.1, -0.05) is 12.1 Å². The first kappa shape index (κ1) is 14.1. The molecular formula is C13H12F3N3O. The summed E-state index contributed by atoms with van der Waals surface area (Å²) in [4.78, 5) is 7.83. The molecule has 1 aromatic heterocycles. The molecule has 4 nitrogen and oxygen atoms in total. The fourth-order valence-corrected chi connectivity index (χ4v) is 1.52. The van der Waals surface area contributed by atoms with Crippen molar-refractivity contribution in [3.63, 3.8) is 0 Å². The number of hydrogen-bond acceptors (Lipinski definition) is 4. The lowest BCUT2D eigenvalue weighted by Crippen LogP contribution is -2.19. The predicted octanol–water partition coefficient (Wildman–Crippen LogP) is 3.13. The highest BCUT2D eigenvalue weighted by Gasteiger charge is 2.28. The first-order valence-electron chi connectivity index (χ1n) is 5.78. The molecule has 106 valence electrons. The molecule has 1 N–H and O–H groups in total. The van der Waals surface area contributed by atoms with Gasteiger partial charge in [-0.2, -0.15) is 13.2 Å². The van der Waals surface area contributed by atoms with Crippen molar-refractivity contribution in [1.29, 1.82) is 0 Å². The molecule has 0 unspecified atom stereocenters. The molecule has 7 heteroatoms. The minimum Gasteiger partial charge on any atom is -0.467 e. The molecule has 0 radical (unpaired) electrons. The molecule has 0 saturated heterocycles. The average Bonchev–Trinajstić information content (AvgIpc) is 2.45. The van der Waals surface area contributed by atoms with E-state index in [1.165, 1.54) is 6.20 Å². The van der Waals surface area contributed by atoms with Crippen LogP contribution < -0.4 is 10.1 Å². The Bertz CT molecular complexity index is 570. The Morgan fingerprint density at radius 2 is 1.85 bits per heavy atom. The number of nitrogens with one attached hydrogen (secondary N) is 1. The van der Waals surface area contributed by atoms with E-state index in [9.17, 15) is 13.2 Å². The van der Waals surface area contributed by atoms with Gasteiger partial charge in [-0.3, -0.25) is 4.98 Å². The molecule has 20 heavy (non-hydrogen) atoms. The monoisotopic (exact) mass is 283 g/mol. The van der Waals surface area contributed by atoms with Gasteiger partial charge in [-0.25, -0.2) is 4.98 Å². The lowest BCUT2D eigenvalue weighted by Gasteiger charge is -2.09. The Hall–Kier alpha value is -2.31. The molecule has 0 atom stereocenters. The molecule has 0 aliphatic carbocycles. The van der Waals surface area contributed by atoms with E-state index in [0.29, 0.717) is 5.69 Å². The zero-order valence-electron chi connectivity index (χ0n) is 10.6. The minimum absolute atomic E-state index is 0.155. The zero-order valence-corrected chi connectivity index (χ0v) is 10.6. The SMILES string of the molecule is CNc1ccc(-c2cncc(OCC(F)(F)F)n2)cc1. The second-order valence-corrected chi connectivity index (χ2v) is 3.97. The average molecular weight is 283 g/mol. The molecule has 0 bridgehead atoms. The van der Waals surface area contributed by atoms with E-state index < -0.39 is 12.8 Å². The van der Waals surface area contributed by atoms with E-state index in [1.807, 2.05) is 12.1 Å². The molecule has 1 heterocycles. The quantitative estimate of drug-likeness (QED) is 0.936. The fraction of sp³-hybridized carbons (Fsp3) is 0.231. The van der Waals surface area contributed by atoms with Crippen molar-refractivity contribution in [1.82, 2.24) is 9.97 Å². The van der Waals surface area contributed by atoms with E-state index in [1.54, 1.807) is 19.2 Å². The van der Waals surface area contributed by atoms with E-state index in [2.05, 4.69) is 20.0 Å². The molecule has 1 aromatic carbocycles. The van der Waals surface area contributed by atoms with Gasteiger partial charge in [0.1, 0.15) is 0 Å². The highest BCUT2D eigenvalue weighted by atomic mass is 19.4. The third kappa shape index (κ3) is 3.84.